The van der Waals surface area contributed by atoms with E-state index in [1.807, 2.05) is 0 Å². The van der Waals surface area contributed by atoms with Crippen LogP contribution in [0.2, 0.25) is 0 Å². The van der Waals surface area contributed by atoms with Crippen molar-refractivity contribution >= 4 is 17.4 Å². The molecule has 3 rings (SSSR count). The first-order valence-corrected chi connectivity index (χ1v) is 7.29. The molecule has 0 radical (unpaired) electrons. The van der Waals surface area contributed by atoms with Gasteiger partial charge < -0.3 is 15.1 Å². The summed E-state index contributed by atoms with van der Waals surface area (Å²) in [6, 6.07) is 10.9. The Bertz CT molecular complexity index is 832. The molecular formula is C17H15FN4O2. The van der Waals surface area contributed by atoms with Gasteiger partial charge in [0.05, 0.1) is 12.8 Å². The average molecular weight is 326 g/mol. The number of benzene rings is 1. The third-order valence-corrected chi connectivity index (χ3v) is 3.19. The van der Waals surface area contributed by atoms with E-state index in [2.05, 4.69) is 20.6 Å². The SMILES string of the molecule is Cc1nc(Nc2ccc(F)cc2)cc(C(=O)NCc2ccco2)n1. The third-order valence-electron chi connectivity index (χ3n) is 3.19. The molecule has 0 atom stereocenters. The van der Waals surface area contributed by atoms with Gasteiger partial charge in [-0.3, -0.25) is 4.79 Å². The minimum absolute atomic E-state index is 0.235. The number of hydrogen-bond donors (Lipinski definition) is 2. The first kappa shape index (κ1) is 15.7. The van der Waals surface area contributed by atoms with Gasteiger partial charge in [-0.15, -0.1) is 0 Å². The van der Waals surface area contributed by atoms with Crippen LogP contribution >= 0.6 is 0 Å². The molecule has 0 unspecified atom stereocenters. The Balaban J connectivity index is 1.73. The summed E-state index contributed by atoms with van der Waals surface area (Å²) in [4.78, 5) is 20.6. The van der Waals surface area contributed by atoms with Crippen molar-refractivity contribution in [3.63, 3.8) is 0 Å². The van der Waals surface area contributed by atoms with Crippen LogP contribution in [0.25, 0.3) is 0 Å². The molecule has 0 saturated carbocycles. The predicted molar refractivity (Wildman–Crippen MR) is 86.3 cm³/mol. The molecule has 3 aromatic rings. The molecule has 0 aliphatic carbocycles. The monoisotopic (exact) mass is 326 g/mol. The molecule has 0 fully saturated rings. The largest absolute Gasteiger partial charge is 0.467 e. The van der Waals surface area contributed by atoms with Crippen LogP contribution in [0.1, 0.15) is 22.1 Å². The van der Waals surface area contributed by atoms with Gasteiger partial charge in [0.2, 0.25) is 0 Å². The van der Waals surface area contributed by atoms with Crippen LogP contribution in [-0.2, 0) is 6.54 Å². The van der Waals surface area contributed by atoms with E-state index < -0.39 is 0 Å². The Labute approximate surface area is 137 Å². The topological polar surface area (TPSA) is 80.0 Å². The Morgan fingerprint density at radius 1 is 1.21 bits per heavy atom. The second-order valence-corrected chi connectivity index (χ2v) is 5.08. The number of rotatable bonds is 5. The highest BCUT2D eigenvalue weighted by atomic mass is 19.1. The van der Waals surface area contributed by atoms with Gasteiger partial charge in [0, 0.05) is 11.8 Å². The summed E-state index contributed by atoms with van der Waals surface area (Å²) in [5, 5.41) is 5.75. The smallest absolute Gasteiger partial charge is 0.270 e. The second-order valence-electron chi connectivity index (χ2n) is 5.08. The normalized spacial score (nSPS) is 10.4. The van der Waals surface area contributed by atoms with Crippen molar-refractivity contribution in [3.8, 4) is 0 Å². The van der Waals surface area contributed by atoms with Crippen molar-refractivity contribution in [1.29, 1.82) is 0 Å². The summed E-state index contributed by atoms with van der Waals surface area (Å²) in [7, 11) is 0. The fourth-order valence-electron chi connectivity index (χ4n) is 2.10. The van der Waals surface area contributed by atoms with E-state index in [1.165, 1.54) is 18.2 Å². The molecule has 0 bridgehead atoms. The fourth-order valence-corrected chi connectivity index (χ4v) is 2.10. The average Bonchev–Trinajstić information content (AvgIpc) is 3.08. The molecule has 7 heteroatoms. The van der Waals surface area contributed by atoms with E-state index in [4.69, 9.17) is 4.42 Å². The van der Waals surface area contributed by atoms with Crippen molar-refractivity contribution in [2.75, 3.05) is 5.32 Å². The van der Waals surface area contributed by atoms with Gasteiger partial charge in [0.15, 0.2) is 0 Å². The number of carbonyl (C=O) groups is 1. The number of halogens is 1. The molecule has 1 aromatic carbocycles. The number of nitrogens with zero attached hydrogens (tertiary/aromatic N) is 2. The van der Waals surface area contributed by atoms with Crippen molar-refractivity contribution in [2.24, 2.45) is 0 Å². The van der Waals surface area contributed by atoms with E-state index in [0.717, 1.165) is 0 Å². The van der Waals surface area contributed by atoms with Crippen molar-refractivity contribution in [1.82, 2.24) is 15.3 Å². The van der Waals surface area contributed by atoms with Crippen molar-refractivity contribution in [3.05, 3.63) is 71.8 Å². The molecule has 122 valence electrons. The summed E-state index contributed by atoms with van der Waals surface area (Å²) in [6.45, 7) is 1.97. The lowest BCUT2D eigenvalue weighted by molar-refractivity contribution is 0.0942. The molecule has 0 spiro atoms. The Morgan fingerprint density at radius 3 is 2.71 bits per heavy atom. The van der Waals surface area contributed by atoms with Gasteiger partial charge in [0.1, 0.15) is 28.9 Å². The summed E-state index contributed by atoms with van der Waals surface area (Å²) in [5.74, 6) is 0.901. The van der Waals surface area contributed by atoms with Gasteiger partial charge in [-0.1, -0.05) is 0 Å². The van der Waals surface area contributed by atoms with Crippen LogP contribution in [0.15, 0.2) is 53.1 Å². The number of furan rings is 1. The van der Waals surface area contributed by atoms with E-state index in [0.29, 0.717) is 23.1 Å². The number of amides is 1. The van der Waals surface area contributed by atoms with E-state index in [9.17, 15) is 9.18 Å². The number of nitrogens with one attached hydrogen (secondary N) is 2. The number of hydrogen-bond acceptors (Lipinski definition) is 5. The lowest BCUT2D eigenvalue weighted by Gasteiger charge is -2.09. The Hall–Kier alpha value is -3.22. The number of aromatic nitrogens is 2. The van der Waals surface area contributed by atoms with E-state index in [1.54, 1.807) is 37.5 Å². The highest BCUT2D eigenvalue weighted by Crippen LogP contribution is 2.16. The molecule has 6 nitrogen and oxygen atoms in total. The van der Waals surface area contributed by atoms with Crippen LogP contribution in [0, 0.1) is 12.7 Å². The first-order valence-electron chi connectivity index (χ1n) is 7.29. The van der Waals surface area contributed by atoms with Crippen LogP contribution < -0.4 is 10.6 Å². The molecule has 2 heterocycles. The predicted octanol–water partition coefficient (Wildman–Crippen LogP) is 3.19. The summed E-state index contributed by atoms with van der Waals surface area (Å²) in [5.41, 5.74) is 0.898. The third kappa shape index (κ3) is 3.95. The van der Waals surface area contributed by atoms with Crippen LogP contribution in [0.4, 0.5) is 15.9 Å². The fraction of sp³-hybridized carbons (Fsp3) is 0.118. The van der Waals surface area contributed by atoms with Gasteiger partial charge in [-0.2, -0.15) is 0 Å². The summed E-state index contributed by atoms with van der Waals surface area (Å²) < 4.78 is 18.1. The molecule has 2 N–H and O–H groups in total. The van der Waals surface area contributed by atoms with Gasteiger partial charge in [-0.25, -0.2) is 14.4 Å². The number of aryl methyl sites for hydroxylation is 1. The minimum atomic E-state index is -0.334. The zero-order valence-corrected chi connectivity index (χ0v) is 12.9. The standard InChI is InChI=1S/C17H15FN4O2/c1-11-20-15(17(23)19-10-14-3-2-8-24-14)9-16(21-11)22-13-6-4-12(18)5-7-13/h2-9H,10H2,1H3,(H,19,23)(H,20,21,22). The lowest BCUT2D eigenvalue weighted by Crippen LogP contribution is -2.24. The lowest BCUT2D eigenvalue weighted by atomic mass is 10.3. The molecule has 0 aliphatic heterocycles. The van der Waals surface area contributed by atoms with Crippen LogP contribution in [0.3, 0.4) is 0 Å². The Morgan fingerprint density at radius 2 is 2.00 bits per heavy atom. The minimum Gasteiger partial charge on any atom is -0.467 e. The van der Waals surface area contributed by atoms with Crippen LogP contribution in [-0.4, -0.2) is 15.9 Å². The highest BCUT2D eigenvalue weighted by Gasteiger charge is 2.11. The maximum absolute atomic E-state index is 12.9. The maximum atomic E-state index is 12.9. The van der Waals surface area contributed by atoms with Gasteiger partial charge in [-0.05, 0) is 43.3 Å². The second kappa shape index (κ2) is 6.91. The van der Waals surface area contributed by atoms with Crippen molar-refractivity contribution < 1.29 is 13.6 Å². The highest BCUT2D eigenvalue weighted by molar-refractivity contribution is 5.93. The quantitative estimate of drug-likeness (QED) is 0.752. The Kier molecular flexibility index (Phi) is 4.51. The molecule has 1 amide bonds. The van der Waals surface area contributed by atoms with Crippen LogP contribution in [0.5, 0.6) is 0 Å². The zero-order valence-electron chi connectivity index (χ0n) is 12.9. The molecule has 0 saturated heterocycles. The number of anilines is 2. The zero-order chi connectivity index (χ0) is 16.9. The number of carbonyl (C=O) groups excluding carboxylic acids is 1. The summed E-state index contributed by atoms with van der Waals surface area (Å²) in [6.07, 6.45) is 1.54. The molecule has 2 aromatic heterocycles. The summed E-state index contributed by atoms with van der Waals surface area (Å²) >= 11 is 0. The van der Waals surface area contributed by atoms with Gasteiger partial charge >= 0.3 is 0 Å². The van der Waals surface area contributed by atoms with Crippen molar-refractivity contribution in [2.45, 2.75) is 13.5 Å². The van der Waals surface area contributed by atoms with E-state index in [-0.39, 0.29) is 24.0 Å². The molecule has 0 aliphatic rings. The first-order chi connectivity index (χ1) is 11.6. The van der Waals surface area contributed by atoms with Gasteiger partial charge in [0.25, 0.3) is 5.91 Å². The van der Waals surface area contributed by atoms with E-state index >= 15 is 0 Å². The maximum Gasteiger partial charge on any atom is 0.270 e. The molecule has 24 heavy (non-hydrogen) atoms. The molecular weight excluding hydrogens is 311 g/mol.